The van der Waals surface area contributed by atoms with Gasteiger partial charge in [-0.2, -0.15) is 42.3 Å². The van der Waals surface area contributed by atoms with E-state index in [1.807, 2.05) is 0 Å². The van der Waals surface area contributed by atoms with Gasteiger partial charge in [-0.3, -0.25) is 0 Å². The molecule has 0 saturated heterocycles. The average Bonchev–Trinajstić information content (AvgIpc) is 2.81. The summed E-state index contributed by atoms with van der Waals surface area (Å²) in [7, 11) is 10.5. The molecule has 0 heterocycles. The Bertz CT molecular complexity index is 326. The Morgan fingerprint density at radius 2 is 0.875 bits per heavy atom. The van der Waals surface area contributed by atoms with Gasteiger partial charge in [0.1, 0.15) is 0 Å². The first kappa shape index (κ1) is 31.9. The largest absolute Gasteiger partial charge is 4.00 e. The van der Waals surface area contributed by atoms with E-state index >= 15 is 0 Å². The predicted octanol–water partition coefficient (Wildman–Crippen LogP) is 3.90. The summed E-state index contributed by atoms with van der Waals surface area (Å²) >= 11 is -5.46. The Hall–Kier alpha value is 0.223. The van der Waals surface area contributed by atoms with Crippen LogP contribution in [0.1, 0.15) is 0 Å². The molecule has 24 heavy (non-hydrogen) atoms. The second-order valence-corrected chi connectivity index (χ2v) is 10.0. The summed E-state index contributed by atoms with van der Waals surface area (Å²) in [4.78, 5) is 0. The van der Waals surface area contributed by atoms with E-state index in [0.29, 0.717) is 0 Å². The van der Waals surface area contributed by atoms with E-state index in [4.69, 9.17) is 0 Å². The van der Waals surface area contributed by atoms with Crippen LogP contribution >= 0.6 is 0 Å². The summed E-state index contributed by atoms with van der Waals surface area (Å²) in [5.74, 6) is 0. The SMILES string of the molecule is C[N-]C.C[N-]C.C[N-]C.F[C](F)(F)[GeH]([c-]1cccc1)[C](F)(F)F.[Hf+4]. The molecule has 140 valence electrons. The van der Waals surface area contributed by atoms with Crippen LogP contribution < -0.4 is 4.40 Å². The molecule has 3 nitrogen and oxygen atoms in total. The van der Waals surface area contributed by atoms with Gasteiger partial charge in [0, 0.05) is 0 Å². The van der Waals surface area contributed by atoms with Crippen LogP contribution in [0.4, 0.5) is 26.3 Å². The smallest absolute Gasteiger partial charge is 4.00 e. The van der Waals surface area contributed by atoms with Crippen LogP contribution in [-0.4, -0.2) is 66.7 Å². The molecule has 0 aliphatic heterocycles. The third-order valence-corrected chi connectivity index (χ3v) is 6.63. The second-order valence-electron chi connectivity index (χ2n) is 4.08. The first-order valence-electron chi connectivity index (χ1n) is 6.26. The molecule has 0 fully saturated rings. The zero-order valence-electron chi connectivity index (χ0n) is 14.5. The molecule has 1 aromatic carbocycles. The molecule has 0 bridgehead atoms. The molecule has 0 unspecified atom stereocenters. The average molecular weight is 586 g/mol. The van der Waals surface area contributed by atoms with Crippen LogP contribution in [0.3, 0.4) is 0 Å². The summed E-state index contributed by atoms with van der Waals surface area (Å²) in [6.07, 6.45) is 0. The number of halogens is 6. The Kier molecular flexibility index (Phi) is 24.0. The number of hydrogen-bond acceptors (Lipinski definition) is 0. The van der Waals surface area contributed by atoms with Crippen LogP contribution in [0.25, 0.3) is 16.0 Å². The van der Waals surface area contributed by atoms with E-state index < -0.39 is 28.8 Å². The van der Waals surface area contributed by atoms with Crippen molar-refractivity contribution in [1.82, 2.24) is 0 Å². The minimum atomic E-state index is -5.46. The fourth-order valence-electron chi connectivity index (χ4n) is 1.14. The van der Waals surface area contributed by atoms with Gasteiger partial charge in [0.15, 0.2) is 0 Å². The van der Waals surface area contributed by atoms with Gasteiger partial charge < -0.3 is 16.0 Å². The molecule has 0 atom stereocenters. The Labute approximate surface area is 163 Å². The molecule has 11 heteroatoms. The standard InChI is InChI=1S/C7H5F6Ge.3C2H6N.Hf/c8-6(9,10)14(7(11,12)13)5-3-1-2-4-5;3*1-3-2;/h1-4,14H;3*1-2H3;/q4*-1;+4. The fraction of sp³-hybridized carbons (Fsp3) is 0.615. The van der Waals surface area contributed by atoms with Crippen LogP contribution in [0, 0.1) is 0 Å². The monoisotopic (exact) mass is 589 g/mol. The van der Waals surface area contributed by atoms with Crippen molar-refractivity contribution in [3.8, 4) is 0 Å². The quantitative estimate of drug-likeness (QED) is 0.273. The number of nitrogens with zero attached hydrogens (tertiary/aromatic N) is 3. The first-order chi connectivity index (χ1) is 10.5. The molecule has 0 radical (unpaired) electrons. The van der Waals surface area contributed by atoms with Crippen LogP contribution in [0.15, 0.2) is 24.3 Å². The molecule has 0 spiro atoms. The molecule has 0 amide bonds. The van der Waals surface area contributed by atoms with Crippen molar-refractivity contribution >= 4 is 18.7 Å². The third-order valence-electron chi connectivity index (χ3n) is 1.68. The zero-order valence-corrected chi connectivity index (χ0v) is 20.5. The molecule has 0 saturated carbocycles. The topological polar surface area (TPSA) is 42.3 Å². The number of hydrogen-bond donors (Lipinski definition) is 0. The maximum atomic E-state index is 12.1. The van der Waals surface area contributed by atoms with Crippen LogP contribution in [-0.2, 0) is 25.8 Å². The summed E-state index contributed by atoms with van der Waals surface area (Å²) in [5.41, 5.74) is 0. The van der Waals surface area contributed by atoms with Crippen molar-refractivity contribution in [2.24, 2.45) is 0 Å². The minimum Gasteiger partial charge on any atom is 4.00 e. The van der Waals surface area contributed by atoms with Gasteiger partial charge in [-0.15, -0.1) is 0 Å². The molecule has 0 aromatic heterocycles. The minimum absolute atomic E-state index is 0. The van der Waals surface area contributed by atoms with Gasteiger partial charge in [-0.25, -0.2) is 0 Å². The molecule has 0 aliphatic carbocycles. The molecule has 0 aliphatic rings. The van der Waals surface area contributed by atoms with Gasteiger partial charge in [-0.05, 0) is 0 Å². The van der Waals surface area contributed by atoms with Crippen molar-refractivity contribution in [1.29, 1.82) is 0 Å². The summed E-state index contributed by atoms with van der Waals surface area (Å²) in [6.45, 7) is 0. The van der Waals surface area contributed by atoms with Crippen LogP contribution in [0.5, 0.6) is 0 Å². The molecular weight excluding hydrogens is 563 g/mol. The maximum Gasteiger partial charge on any atom is 4.00 e. The summed E-state index contributed by atoms with van der Waals surface area (Å²) in [6, 6.07) is 4.16. The number of alkyl halides is 6. The van der Waals surface area contributed by atoms with Crippen molar-refractivity contribution in [3.63, 3.8) is 0 Å². The first-order valence-corrected chi connectivity index (χ1v) is 9.89. The van der Waals surface area contributed by atoms with Gasteiger partial charge in [0.05, 0.1) is 0 Å². The molecular formula is C13H23F6GeHfN3. The van der Waals surface area contributed by atoms with Crippen molar-refractivity contribution < 1.29 is 52.2 Å². The van der Waals surface area contributed by atoms with Gasteiger partial charge in [0.25, 0.3) is 0 Å². The predicted molar refractivity (Wildman–Crippen MR) is 86.5 cm³/mol. The van der Waals surface area contributed by atoms with Crippen LogP contribution in [0.2, 0.25) is 0 Å². The molecule has 0 N–H and O–H groups in total. The summed E-state index contributed by atoms with van der Waals surface area (Å²) < 4.78 is 72.3. The zero-order chi connectivity index (χ0) is 19.1. The molecule has 1 rings (SSSR count). The van der Waals surface area contributed by atoms with Crippen molar-refractivity contribution in [3.05, 3.63) is 40.2 Å². The Morgan fingerprint density at radius 3 is 1.04 bits per heavy atom. The van der Waals surface area contributed by atoms with E-state index in [1.165, 1.54) is 12.1 Å². The van der Waals surface area contributed by atoms with E-state index in [9.17, 15) is 26.3 Å². The maximum absolute atomic E-state index is 12.1. The van der Waals surface area contributed by atoms with Gasteiger partial charge >= 0.3 is 105 Å². The Balaban J connectivity index is -0.000000169. The van der Waals surface area contributed by atoms with E-state index in [0.717, 1.165) is 12.1 Å². The Morgan fingerprint density at radius 1 is 0.667 bits per heavy atom. The van der Waals surface area contributed by atoms with Crippen molar-refractivity contribution in [2.75, 3.05) is 42.3 Å². The van der Waals surface area contributed by atoms with E-state index in [-0.39, 0.29) is 25.8 Å². The number of rotatable bonds is 1. The fourth-order valence-corrected chi connectivity index (χ4v) is 4.78. The summed E-state index contributed by atoms with van der Waals surface area (Å²) in [5, 5.41) is 0.277. The molecule has 1 aromatic rings. The normalized spacial score (nSPS) is 10.2. The van der Waals surface area contributed by atoms with E-state index in [2.05, 4.69) is 16.0 Å². The third kappa shape index (κ3) is 18.6. The van der Waals surface area contributed by atoms with Crippen molar-refractivity contribution in [2.45, 2.75) is 10.0 Å². The second kappa shape index (κ2) is 18.0. The van der Waals surface area contributed by atoms with Gasteiger partial charge in [-0.1, -0.05) is 0 Å². The van der Waals surface area contributed by atoms with Gasteiger partial charge in [0.2, 0.25) is 0 Å². The van der Waals surface area contributed by atoms with E-state index in [1.54, 1.807) is 42.3 Å².